The number of hydrogen-bond acceptors (Lipinski definition) is 9. The van der Waals surface area contributed by atoms with Gasteiger partial charge in [0, 0.05) is 54.8 Å². The molecular formula is C26H30N8O2. The summed E-state index contributed by atoms with van der Waals surface area (Å²) in [4.78, 5) is 9.26. The molecule has 10 nitrogen and oxygen atoms in total. The SMILES string of the molecule is CCOc1cc(-c2nncn2C)ccc1Nc1cc2nc(/C(C=N)=C/NCC(C)(C)O)ccc2cn1. The van der Waals surface area contributed by atoms with E-state index in [4.69, 9.17) is 15.1 Å². The smallest absolute Gasteiger partial charge is 0.163 e. The minimum atomic E-state index is -0.862. The van der Waals surface area contributed by atoms with Crippen LogP contribution in [0.2, 0.25) is 0 Å². The van der Waals surface area contributed by atoms with Gasteiger partial charge in [0.2, 0.25) is 0 Å². The van der Waals surface area contributed by atoms with Crippen LogP contribution in [0.5, 0.6) is 5.75 Å². The molecule has 4 rings (SSSR count). The Morgan fingerprint density at radius 1 is 1.22 bits per heavy atom. The Morgan fingerprint density at radius 3 is 2.75 bits per heavy atom. The number of allylic oxidation sites excluding steroid dienone is 1. The molecule has 0 fully saturated rings. The number of ether oxygens (including phenoxy) is 1. The summed E-state index contributed by atoms with van der Waals surface area (Å²) in [6.07, 6.45) is 6.33. The van der Waals surface area contributed by atoms with Gasteiger partial charge in [0.25, 0.3) is 0 Å². The number of fused-ring (bicyclic) bond motifs is 1. The first kappa shape index (κ1) is 24.8. The van der Waals surface area contributed by atoms with E-state index in [0.717, 1.165) is 28.0 Å². The lowest BCUT2D eigenvalue weighted by atomic mass is 10.1. The molecule has 0 aliphatic rings. The van der Waals surface area contributed by atoms with Crippen molar-refractivity contribution in [2.75, 3.05) is 18.5 Å². The molecule has 1 aromatic carbocycles. The van der Waals surface area contributed by atoms with Gasteiger partial charge in [0.15, 0.2) is 5.82 Å². The second-order valence-corrected chi connectivity index (χ2v) is 8.93. The quantitative estimate of drug-likeness (QED) is 0.248. The molecule has 0 radical (unpaired) electrons. The highest BCUT2D eigenvalue weighted by Crippen LogP contribution is 2.32. The highest BCUT2D eigenvalue weighted by molar-refractivity contribution is 6.07. The summed E-state index contributed by atoms with van der Waals surface area (Å²) in [6, 6.07) is 11.4. The number of nitrogens with zero attached hydrogens (tertiary/aromatic N) is 5. The lowest BCUT2D eigenvalue weighted by Gasteiger charge is -2.17. The largest absolute Gasteiger partial charge is 0.492 e. The standard InChI is InChI=1S/C26H30N8O2/c1-5-36-23-10-17(25-33-30-16-34(25)4)6-9-21(23)32-24-11-22-18(14-29-24)7-8-20(31-22)19(12-27)13-28-15-26(2,3)35/h6-14,16,27-28,35H,5,15H2,1-4H3,(H,29,32)/b19-13+,27-12?. The van der Waals surface area contributed by atoms with Crippen molar-refractivity contribution < 1.29 is 9.84 Å². The van der Waals surface area contributed by atoms with Crippen LogP contribution in [0.1, 0.15) is 26.5 Å². The number of aromatic nitrogens is 5. The van der Waals surface area contributed by atoms with Crippen molar-refractivity contribution >= 4 is 34.2 Å². The number of aryl methyl sites for hydroxylation is 1. The number of benzene rings is 1. The summed E-state index contributed by atoms with van der Waals surface area (Å²) in [5.41, 5.74) is 2.77. The van der Waals surface area contributed by atoms with Crippen LogP contribution in [0, 0.1) is 5.41 Å². The molecule has 10 heteroatoms. The first-order valence-corrected chi connectivity index (χ1v) is 11.6. The van der Waals surface area contributed by atoms with Gasteiger partial charge in [0.05, 0.1) is 29.1 Å². The molecule has 36 heavy (non-hydrogen) atoms. The third kappa shape index (κ3) is 5.84. The van der Waals surface area contributed by atoms with Gasteiger partial charge in [-0.15, -0.1) is 10.2 Å². The second kappa shape index (κ2) is 10.5. The molecular weight excluding hydrogens is 456 g/mol. The summed E-state index contributed by atoms with van der Waals surface area (Å²) in [6.45, 7) is 6.23. The van der Waals surface area contributed by atoms with Crippen molar-refractivity contribution in [2.45, 2.75) is 26.4 Å². The molecule has 0 spiro atoms. The maximum atomic E-state index is 9.90. The highest BCUT2D eigenvalue weighted by Gasteiger charge is 2.13. The number of aliphatic hydroxyl groups is 1. The average Bonchev–Trinajstić information content (AvgIpc) is 3.28. The van der Waals surface area contributed by atoms with Crippen molar-refractivity contribution in [2.24, 2.45) is 7.05 Å². The van der Waals surface area contributed by atoms with E-state index in [-0.39, 0.29) is 0 Å². The van der Waals surface area contributed by atoms with Gasteiger partial charge in [-0.2, -0.15) is 0 Å². The van der Waals surface area contributed by atoms with Gasteiger partial charge in [-0.1, -0.05) is 0 Å². The van der Waals surface area contributed by atoms with Crippen LogP contribution in [0.25, 0.3) is 27.9 Å². The number of hydrogen-bond donors (Lipinski definition) is 4. The zero-order chi connectivity index (χ0) is 25.7. The fourth-order valence-corrected chi connectivity index (χ4v) is 3.57. The Balaban J connectivity index is 1.61. The summed E-state index contributed by atoms with van der Waals surface area (Å²) < 4.78 is 7.73. The van der Waals surface area contributed by atoms with Crippen LogP contribution in [0.3, 0.4) is 0 Å². The molecule has 4 aromatic rings. The lowest BCUT2D eigenvalue weighted by molar-refractivity contribution is 0.0836. The molecule has 0 aliphatic carbocycles. The van der Waals surface area contributed by atoms with Crippen LogP contribution < -0.4 is 15.4 Å². The topological polar surface area (TPSA) is 134 Å². The molecule has 3 heterocycles. The van der Waals surface area contributed by atoms with E-state index in [9.17, 15) is 5.11 Å². The fraction of sp³-hybridized carbons (Fsp3) is 0.269. The van der Waals surface area contributed by atoms with E-state index in [1.165, 1.54) is 6.21 Å². The molecule has 0 saturated heterocycles. The predicted molar refractivity (Wildman–Crippen MR) is 141 cm³/mol. The third-order valence-corrected chi connectivity index (χ3v) is 5.33. The molecule has 4 N–H and O–H groups in total. The van der Waals surface area contributed by atoms with Crippen LogP contribution in [0.4, 0.5) is 11.5 Å². The number of pyridine rings is 2. The van der Waals surface area contributed by atoms with Crippen molar-refractivity contribution in [1.29, 1.82) is 5.41 Å². The average molecular weight is 487 g/mol. The Bertz CT molecular complexity index is 1400. The summed E-state index contributed by atoms with van der Waals surface area (Å²) >= 11 is 0. The Labute approximate surface area is 209 Å². The van der Waals surface area contributed by atoms with Crippen molar-refractivity contribution in [3.8, 4) is 17.1 Å². The normalized spacial score (nSPS) is 12.0. The van der Waals surface area contributed by atoms with Gasteiger partial charge >= 0.3 is 0 Å². The zero-order valence-electron chi connectivity index (χ0n) is 20.8. The number of anilines is 2. The van der Waals surface area contributed by atoms with Gasteiger partial charge < -0.3 is 30.5 Å². The van der Waals surface area contributed by atoms with Crippen molar-refractivity contribution in [3.63, 3.8) is 0 Å². The van der Waals surface area contributed by atoms with Crippen LogP contribution in [-0.2, 0) is 7.05 Å². The van der Waals surface area contributed by atoms with E-state index in [1.54, 1.807) is 32.6 Å². The van der Waals surface area contributed by atoms with E-state index >= 15 is 0 Å². The maximum absolute atomic E-state index is 9.90. The summed E-state index contributed by atoms with van der Waals surface area (Å²) in [5.74, 6) is 2.03. The van der Waals surface area contributed by atoms with Crippen molar-refractivity contribution in [3.05, 3.63) is 60.8 Å². The second-order valence-electron chi connectivity index (χ2n) is 8.93. The van der Waals surface area contributed by atoms with E-state index < -0.39 is 5.60 Å². The molecule has 0 bridgehead atoms. The Kier molecular flexibility index (Phi) is 7.25. The zero-order valence-corrected chi connectivity index (χ0v) is 20.8. The molecule has 186 valence electrons. The van der Waals surface area contributed by atoms with Crippen LogP contribution in [-0.4, -0.2) is 54.8 Å². The van der Waals surface area contributed by atoms with Crippen LogP contribution in [0.15, 0.2) is 55.1 Å². The molecule has 3 aromatic heterocycles. The summed E-state index contributed by atoms with van der Waals surface area (Å²) in [7, 11) is 1.89. The molecule has 0 unspecified atom stereocenters. The van der Waals surface area contributed by atoms with E-state index in [2.05, 4.69) is 25.8 Å². The Hall–Kier alpha value is -4.31. The van der Waals surface area contributed by atoms with Gasteiger partial charge in [-0.25, -0.2) is 9.97 Å². The molecule has 0 atom stereocenters. The van der Waals surface area contributed by atoms with Crippen molar-refractivity contribution in [1.82, 2.24) is 30.0 Å². The minimum absolute atomic E-state index is 0.355. The van der Waals surface area contributed by atoms with E-state index in [1.807, 2.05) is 54.9 Å². The first-order valence-electron chi connectivity index (χ1n) is 11.6. The van der Waals surface area contributed by atoms with Gasteiger partial charge in [-0.3, -0.25) is 0 Å². The predicted octanol–water partition coefficient (Wildman–Crippen LogP) is 3.92. The molecule has 0 aliphatic heterocycles. The van der Waals surface area contributed by atoms with Gasteiger partial charge in [0.1, 0.15) is 17.9 Å². The first-order chi connectivity index (χ1) is 17.3. The summed E-state index contributed by atoms with van der Waals surface area (Å²) in [5, 5.41) is 33.1. The number of nitrogens with one attached hydrogen (secondary N) is 3. The fourth-order valence-electron chi connectivity index (χ4n) is 3.57. The lowest BCUT2D eigenvalue weighted by Crippen LogP contribution is -2.32. The molecule has 0 amide bonds. The minimum Gasteiger partial charge on any atom is -0.492 e. The monoisotopic (exact) mass is 486 g/mol. The van der Waals surface area contributed by atoms with E-state index in [0.29, 0.717) is 36.0 Å². The number of rotatable bonds is 10. The van der Waals surface area contributed by atoms with Crippen LogP contribution >= 0.6 is 0 Å². The Morgan fingerprint density at radius 2 is 2.06 bits per heavy atom. The van der Waals surface area contributed by atoms with Gasteiger partial charge in [-0.05, 0) is 51.1 Å². The third-order valence-electron chi connectivity index (χ3n) is 5.33. The molecule has 0 saturated carbocycles. The highest BCUT2D eigenvalue weighted by atomic mass is 16.5. The maximum Gasteiger partial charge on any atom is 0.163 e.